The lowest BCUT2D eigenvalue weighted by molar-refractivity contribution is -0.0195. The van der Waals surface area contributed by atoms with Gasteiger partial charge in [0.25, 0.3) is 0 Å². The van der Waals surface area contributed by atoms with Crippen molar-refractivity contribution in [1.82, 2.24) is 0 Å². The lowest BCUT2D eigenvalue weighted by Gasteiger charge is -2.34. The van der Waals surface area contributed by atoms with Gasteiger partial charge in [0.2, 0.25) is 0 Å². The van der Waals surface area contributed by atoms with Gasteiger partial charge in [0.15, 0.2) is 0 Å². The topological polar surface area (TPSA) is 35.2 Å². The number of nitrogens with two attached hydrogens (primary N) is 1. The van der Waals surface area contributed by atoms with Crippen molar-refractivity contribution in [2.45, 2.75) is 39.5 Å². The van der Waals surface area contributed by atoms with Crippen LogP contribution in [0.4, 0.5) is 0 Å². The zero-order valence-corrected chi connectivity index (χ0v) is 9.66. The molecule has 15 heavy (non-hydrogen) atoms. The van der Waals surface area contributed by atoms with Crippen LogP contribution in [-0.4, -0.2) is 6.10 Å². The molecule has 1 aromatic carbocycles. The smallest absolute Gasteiger partial charge is 0.0795 e. The van der Waals surface area contributed by atoms with Crippen LogP contribution in [-0.2, 0) is 11.3 Å². The molecule has 0 saturated carbocycles. The normalized spacial score (nSPS) is 25.4. The molecular weight excluding hydrogens is 186 g/mol. The Balaban J connectivity index is 2.36. The van der Waals surface area contributed by atoms with Gasteiger partial charge in [0.1, 0.15) is 0 Å². The molecule has 1 aliphatic heterocycles. The molecule has 82 valence electrons. The minimum absolute atomic E-state index is 0.0219. The van der Waals surface area contributed by atoms with E-state index in [1.165, 1.54) is 16.7 Å². The molecule has 2 rings (SSSR count). The minimum atomic E-state index is 0.0219. The molecule has 0 saturated heterocycles. The van der Waals surface area contributed by atoms with E-state index in [0.29, 0.717) is 12.5 Å². The molecule has 2 nitrogen and oxygen atoms in total. The van der Waals surface area contributed by atoms with Crippen molar-refractivity contribution in [3.05, 3.63) is 34.9 Å². The van der Waals surface area contributed by atoms with Gasteiger partial charge in [-0.1, -0.05) is 37.6 Å². The molecule has 0 radical (unpaired) electrons. The van der Waals surface area contributed by atoms with Crippen LogP contribution in [0.15, 0.2) is 18.2 Å². The third-order valence-corrected chi connectivity index (χ3v) is 3.10. The third kappa shape index (κ3) is 1.92. The van der Waals surface area contributed by atoms with E-state index in [2.05, 4.69) is 39.0 Å². The summed E-state index contributed by atoms with van der Waals surface area (Å²) in [5.74, 6) is 0.466. The van der Waals surface area contributed by atoms with Crippen molar-refractivity contribution in [2.24, 2.45) is 11.7 Å². The molecular formula is C13H19NO. The zero-order chi connectivity index (χ0) is 11.0. The molecule has 0 amide bonds. The van der Waals surface area contributed by atoms with E-state index in [0.717, 1.165) is 0 Å². The van der Waals surface area contributed by atoms with Crippen LogP contribution < -0.4 is 5.73 Å². The fourth-order valence-electron chi connectivity index (χ4n) is 2.23. The van der Waals surface area contributed by atoms with Crippen LogP contribution in [0.25, 0.3) is 0 Å². The van der Waals surface area contributed by atoms with Crippen molar-refractivity contribution >= 4 is 0 Å². The second kappa shape index (κ2) is 3.95. The molecule has 0 fully saturated rings. The zero-order valence-electron chi connectivity index (χ0n) is 9.66. The van der Waals surface area contributed by atoms with Gasteiger partial charge in [-0.3, -0.25) is 0 Å². The molecule has 2 heteroatoms. The van der Waals surface area contributed by atoms with Crippen LogP contribution in [0.1, 0.15) is 36.6 Å². The first-order valence-corrected chi connectivity index (χ1v) is 5.56. The van der Waals surface area contributed by atoms with Crippen LogP contribution in [0.2, 0.25) is 0 Å². The number of rotatable bonds is 1. The van der Waals surface area contributed by atoms with Crippen molar-refractivity contribution in [1.29, 1.82) is 0 Å². The summed E-state index contributed by atoms with van der Waals surface area (Å²) in [6.07, 6.45) is 0.152. The van der Waals surface area contributed by atoms with Gasteiger partial charge < -0.3 is 10.5 Å². The third-order valence-electron chi connectivity index (χ3n) is 3.10. The molecule has 0 aromatic heterocycles. The quantitative estimate of drug-likeness (QED) is 0.764. The summed E-state index contributed by atoms with van der Waals surface area (Å²) in [6.45, 7) is 7.12. The Labute approximate surface area is 91.4 Å². The van der Waals surface area contributed by atoms with E-state index in [-0.39, 0.29) is 12.1 Å². The Hall–Kier alpha value is -0.860. The molecule has 0 aliphatic carbocycles. The number of benzene rings is 1. The summed E-state index contributed by atoms with van der Waals surface area (Å²) in [4.78, 5) is 0. The number of hydrogen-bond acceptors (Lipinski definition) is 2. The largest absolute Gasteiger partial charge is 0.371 e. The summed E-state index contributed by atoms with van der Waals surface area (Å²) < 4.78 is 5.79. The van der Waals surface area contributed by atoms with Crippen molar-refractivity contribution in [3.63, 3.8) is 0 Å². The highest BCUT2D eigenvalue weighted by atomic mass is 16.5. The van der Waals surface area contributed by atoms with Gasteiger partial charge in [-0.15, -0.1) is 0 Å². The molecule has 2 atom stereocenters. The lowest BCUT2D eigenvalue weighted by Crippen LogP contribution is -2.37. The van der Waals surface area contributed by atoms with Crippen molar-refractivity contribution in [2.75, 3.05) is 0 Å². The molecule has 1 heterocycles. The van der Waals surface area contributed by atoms with Gasteiger partial charge in [-0.25, -0.2) is 0 Å². The first kappa shape index (κ1) is 10.7. The monoisotopic (exact) mass is 205 g/mol. The van der Waals surface area contributed by atoms with E-state index in [1.807, 2.05) is 0 Å². The molecule has 1 unspecified atom stereocenters. The highest BCUT2D eigenvalue weighted by Crippen LogP contribution is 2.31. The maximum atomic E-state index is 6.24. The minimum Gasteiger partial charge on any atom is -0.371 e. The van der Waals surface area contributed by atoms with Crippen molar-refractivity contribution in [3.8, 4) is 0 Å². The number of fused-ring (bicyclic) bond motifs is 1. The van der Waals surface area contributed by atoms with Crippen molar-refractivity contribution < 1.29 is 4.74 Å². The maximum absolute atomic E-state index is 6.24. The number of hydrogen-bond donors (Lipinski definition) is 1. The molecule has 0 bridgehead atoms. The summed E-state index contributed by atoms with van der Waals surface area (Å²) in [5, 5.41) is 0. The van der Waals surface area contributed by atoms with E-state index in [4.69, 9.17) is 10.5 Å². The second-order valence-electron chi connectivity index (χ2n) is 4.75. The van der Waals surface area contributed by atoms with E-state index < -0.39 is 0 Å². The summed E-state index contributed by atoms with van der Waals surface area (Å²) >= 11 is 0. The molecule has 1 aromatic rings. The number of aryl methyl sites for hydroxylation is 1. The SMILES string of the molecule is Cc1ccc2c(c1)C(N)[C@H](C(C)C)OC2. The highest BCUT2D eigenvalue weighted by Gasteiger charge is 2.29. The standard InChI is InChI=1S/C13H19NO/c1-8(2)13-12(14)11-6-9(3)4-5-10(11)7-15-13/h4-6,8,12-13H,7,14H2,1-3H3/t12?,13-/m0/s1. The fraction of sp³-hybridized carbons (Fsp3) is 0.538. The highest BCUT2D eigenvalue weighted by molar-refractivity contribution is 5.35. The summed E-state index contributed by atoms with van der Waals surface area (Å²) in [5.41, 5.74) is 10.0. The van der Waals surface area contributed by atoms with Gasteiger partial charge in [-0.2, -0.15) is 0 Å². The molecule has 1 aliphatic rings. The predicted molar refractivity (Wildman–Crippen MR) is 61.5 cm³/mol. The van der Waals surface area contributed by atoms with Crippen LogP contribution >= 0.6 is 0 Å². The summed E-state index contributed by atoms with van der Waals surface area (Å²) in [7, 11) is 0. The Morgan fingerprint density at radius 2 is 2.13 bits per heavy atom. The van der Waals surface area contributed by atoms with Gasteiger partial charge >= 0.3 is 0 Å². The Morgan fingerprint density at radius 1 is 1.40 bits per heavy atom. The van der Waals surface area contributed by atoms with Crippen LogP contribution in [0.5, 0.6) is 0 Å². The first-order valence-electron chi connectivity index (χ1n) is 5.56. The lowest BCUT2D eigenvalue weighted by atomic mass is 9.88. The molecule has 2 N–H and O–H groups in total. The Bertz CT molecular complexity index is 360. The van der Waals surface area contributed by atoms with Gasteiger partial charge in [-0.05, 0) is 24.0 Å². The molecule has 0 spiro atoms. The maximum Gasteiger partial charge on any atom is 0.0795 e. The van der Waals surface area contributed by atoms with Crippen LogP contribution in [0.3, 0.4) is 0 Å². The first-order chi connectivity index (χ1) is 7.09. The van der Waals surface area contributed by atoms with E-state index in [9.17, 15) is 0 Å². The number of ether oxygens (including phenoxy) is 1. The fourth-order valence-corrected chi connectivity index (χ4v) is 2.23. The second-order valence-corrected chi connectivity index (χ2v) is 4.75. The van der Waals surface area contributed by atoms with Gasteiger partial charge in [0, 0.05) is 0 Å². The Kier molecular flexibility index (Phi) is 2.81. The van der Waals surface area contributed by atoms with E-state index in [1.54, 1.807) is 0 Å². The Morgan fingerprint density at radius 3 is 2.80 bits per heavy atom. The van der Waals surface area contributed by atoms with Gasteiger partial charge in [0.05, 0.1) is 18.8 Å². The average molecular weight is 205 g/mol. The van der Waals surface area contributed by atoms with E-state index >= 15 is 0 Å². The predicted octanol–water partition coefficient (Wildman–Crippen LogP) is 2.55. The summed E-state index contributed by atoms with van der Waals surface area (Å²) in [6, 6.07) is 6.46. The average Bonchev–Trinajstić information content (AvgIpc) is 2.19. The van der Waals surface area contributed by atoms with Crippen LogP contribution in [0, 0.1) is 12.8 Å².